The van der Waals surface area contributed by atoms with Crippen LogP contribution in [0.15, 0.2) is 17.1 Å². The lowest BCUT2D eigenvalue weighted by Gasteiger charge is -1.91. The molecule has 0 aromatic carbocycles. The van der Waals surface area contributed by atoms with E-state index in [0.717, 1.165) is 0 Å². The standard InChI is InChI=1S/C7H7ClN4O2/c8-5(13)3-1-2-4(11-3)6(14)12-7(9)10/h1-2,11H,(H4,9,10,12,14). The molecule has 5 N–H and O–H groups in total. The van der Waals surface area contributed by atoms with Crippen molar-refractivity contribution in [3.63, 3.8) is 0 Å². The van der Waals surface area contributed by atoms with Crippen LogP contribution >= 0.6 is 11.6 Å². The van der Waals surface area contributed by atoms with Crippen LogP contribution in [0.5, 0.6) is 0 Å². The van der Waals surface area contributed by atoms with Gasteiger partial charge in [-0.1, -0.05) is 0 Å². The predicted octanol–water partition coefficient (Wildman–Crippen LogP) is -0.193. The number of aromatic nitrogens is 1. The summed E-state index contributed by atoms with van der Waals surface area (Å²) in [6.45, 7) is 0. The Morgan fingerprint density at radius 1 is 1.29 bits per heavy atom. The highest BCUT2D eigenvalue weighted by molar-refractivity contribution is 6.67. The first kappa shape index (κ1) is 10.3. The van der Waals surface area contributed by atoms with Crippen LogP contribution in [0.1, 0.15) is 21.0 Å². The molecular weight excluding hydrogens is 208 g/mol. The van der Waals surface area contributed by atoms with Crippen LogP contribution in [0.3, 0.4) is 0 Å². The molecule has 0 aliphatic rings. The number of nitrogens with one attached hydrogen (secondary N) is 1. The molecule has 0 fully saturated rings. The Kier molecular flexibility index (Phi) is 2.88. The van der Waals surface area contributed by atoms with Gasteiger partial charge in [-0.15, -0.1) is 0 Å². The molecule has 14 heavy (non-hydrogen) atoms. The summed E-state index contributed by atoms with van der Waals surface area (Å²) in [6, 6.07) is 2.73. The van der Waals surface area contributed by atoms with Crippen LogP contribution in [-0.4, -0.2) is 22.1 Å². The van der Waals surface area contributed by atoms with Gasteiger partial charge in [-0.25, -0.2) is 0 Å². The minimum atomic E-state index is -0.686. The topological polar surface area (TPSA) is 114 Å². The molecule has 0 atom stereocenters. The highest BCUT2D eigenvalue weighted by atomic mass is 35.5. The Bertz CT molecular complexity index is 406. The SMILES string of the molecule is NC(N)=NC(=O)c1ccc(C(=O)Cl)[nH]1. The van der Waals surface area contributed by atoms with Crippen molar-refractivity contribution in [1.29, 1.82) is 0 Å². The van der Waals surface area contributed by atoms with Gasteiger partial charge >= 0.3 is 0 Å². The second-order valence-corrected chi connectivity index (χ2v) is 2.74. The molecule has 0 spiro atoms. The third kappa shape index (κ3) is 2.33. The smallest absolute Gasteiger partial charge is 0.296 e. The summed E-state index contributed by atoms with van der Waals surface area (Å²) in [5.41, 5.74) is 10.2. The first-order valence-electron chi connectivity index (χ1n) is 3.53. The maximum Gasteiger partial charge on any atom is 0.296 e. The summed E-state index contributed by atoms with van der Waals surface area (Å²) in [7, 11) is 0. The highest BCUT2D eigenvalue weighted by Crippen LogP contribution is 2.05. The Labute approximate surface area is 83.9 Å². The number of guanidine groups is 1. The molecule has 0 radical (unpaired) electrons. The lowest BCUT2D eigenvalue weighted by atomic mass is 10.4. The Morgan fingerprint density at radius 3 is 2.29 bits per heavy atom. The van der Waals surface area contributed by atoms with Crippen molar-refractivity contribution in [2.45, 2.75) is 0 Å². The van der Waals surface area contributed by atoms with Crippen molar-refractivity contribution >= 4 is 28.7 Å². The monoisotopic (exact) mass is 214 g/mol. The maximum absolute atomic E-state index is 11.2. The van der Waals surface area contributed by atoms with Crippen LogP contribution < -0.4 is 11.5 Å². The van der Waals surface area contributed by atoms with Crippen molar-refractivity contribution in [2.75, 3.05) is 0 Å². The van der Waals surface area contributed by atoms with Gasteiger partial charge in [-0.05, 0) is 23.7 Å². The Morgan fingerprint density at radius 2 is 1.86 bits per heavy atom. The molecule has 74 valence electrons. The first-order chi connectivity index (χ1) is 6.50. The minimum Gasteiger partial charge on any atom is -0.370 e. The number of rotatable bonds is 2. The van der Waals surface area contributed by atoms with Crippen molar-refractivity contribution in [2.24, 2.45) is 16.5 Å². The zero-order valence-corrected chi connectivity index (χ0v) is 7.71. The van der Waals surface area contributed by atoms with Crippen LogP contribution in [0.2, 0.25) is 0 Å². The predicted molar refractivity (Wildman–Crippen MR) is 51.1 cm³/mol. The van der Waals surface area contributed by atoms with E-state index in [0.29, 0.717) is 0 Å². The van der Waals surface area contributed by atoms with Crippen molar-refractivity contribution in [1.82, 2.24) is 4.98 Å². The summed E-state index contributed by atoms with van der Waals surface area (Å²) in [5, 5.41) is -0.686. The fraction of sp³-hybridized carbons (Fsp3) is 0. The van der Waals surface area contributed by atoms with Crippen molar-refractivity contribution < 1.29 is 9.59 Å². The van der Waals surface area contributed by atoms with Crippen molar-refractivity contribution in [3.8, 4) is 0 Å². The molecule has 1 rings (SSSR count). The van der Waals surface area contributed by atoms with E-state index < -0.39 is 11.1 Å². The number of hydrogen-bond donors (Lipinski definition) is 3. The van der Waals surface area contributed by atoms with Gasteiger partial charge in [0.15, 0.2) is 5.96 Å². The Hall–Kier alpha value is -1.82. The number of halogens is 1. The Balaban J connectivity index is 2.93. The van der Waals surface area contributed by atoms with Crippen LogP contribution in [0, 0.1) is 0 Å². The molecule has 0 unspecified atom stereocenters. The number of nitrogens with two attached hydrogens (primary N) is 2. The minimum absolute atomic E-state index is 0.0994. The van der Waals surface area contributed by atoms with Gasteiger partial charge in [0.1, 0.15) is 5.69 Å². The summed E-state index contributed by atoms with van der Waals surface area (Å²) in [6.07, 6.45) is 0. The summed E-state index contributed by atoms with van der Waals surface area (Å²) in [4.78, 5) is 27.5. The fourth-order valence-electron chi connectivity index (χ4n) is 0.812. The molecule has 1 heterocycles. The number of carbonyl (C=O) groups excluding carboxylic acids is 2. The summed E-state index contributed by atoms with van der Waals surface area (Å²) in [5.74, 6) is -1.00. The lowest BCUT2D eigenvalue weighted by Crippen LogP contribution is -2.24. The molecular formula is C7H7ClN4O2. The molecule has 1 aromatic rings. The summed E-state index contributed by atoms with van der Waals surface area (Å²) < 4.78 is 0. The van der Waals surface area contributed by atoms with E-state index in [1.165, 1.54) is 12.1 Å². The molecule has 0 aliphatic carbocycles. The van der Waals surface area contributed by atoms with E-state index in [1.54, 1.807) is 0 Å². The number of amides is 1. The van der Waals surface area contributed by atoms with Crippen LogP contribution in [0.4, 0.5) is 0 Å². The zero-order chi connectivity index (χ0) is 10.7. The molecule has 0 aliphatic heterocycles. The molecule has 0 bridgehead atoms. The van der Waals surface area contributed by atoms with Crippen LogP contribution in [-0.2, 0) is 0 Å². The number of H-pyrrole nitrogens is 1. The number of nitrogens with zero attached hydrogens (tertiary/aromatic N) is 1. The molecule has 0 saturated heterocycles. The van der Waals surface area contributed by atoms with E-state index in [2.05, 4.69) is 9.98 Å². The first-order valence-corrected chi connectivity index (χ1v) is 3.91. The van der Waals surface area contributed by atoms with Gasteiger partial charge in [0.2, 0.25) is 0 Å². The average molecular weight is 215 g/mol. The number of hydrogen-bond acceptors (Lipinski definition) is 2. The summed E-state index contributed by atoms with van der Waals surface area (Å²) >= 11 is 5.16. The maximum atomic E-state index is 11.2. The molecule has 1 amide bonds. The molecule has 1 aromatic heterocycles. The van der Waals surface area contributed by atoms with E-state index in [1.807, 2.05) is 0 Å². The molecule has 6 nitrogen and oxygen atoms in total. The zero-order valence-electron chi connectivity index (χ0n) is 6.95. The lowest BCUT2D eigenvalue weighted by molar-refractivity contribution is 0.0998. The van der Waals surface area contributed by atoms with E-state index >= 15 is 0 Å². The number of carbonyl (C=O) groups is 2. The molecule has 0 saturated carbocycles. The number of aliphatic imine (C=N–C) groups is 1. The largest absolute Gasteiger partial charge is 0.370 e. The van der Waals surface area contributed by atoms with Gasteiger partial charge in [0.05, 0.1) is 5.69 Å². The van der Waals surface area contributed by atoms with Crippen LogP contribution in [0.25, 0.3) is 0 Å². The second-order valence-electron chi connectivity index (χ2n) is 2.40. The van der Waals surface area contributed by atoms with Gasteiger partial charge < -0.3 is 16.5 Å². The molecule has 7 heteroatoms. The van der Waals surface area contributed by atoms with E-state index in [4.69, 9.17) is 23.1 Å². The number of aromatic amines is 1. The van der Waals surface area contributed by atoms with Gasteiger partial charge in [0.25, 0.3) is 11.1 Å². The fourth-order valence-corrected chi connectivity index (χ4v) is 0.922. The van der Waals surface area contributed by atoms with Gasteiger partial charge in [-0.2, -0.15) is 4.99 Å². The quantitative estimate of drug-likeness (QED) is 0.359. The third-order valence-corrected chi connectivity index (χ3v) is 1.56. The van der Waals surface area contributed by atoms with E-state index in [-0.39, 0.29) is 17.3 Å². The second kappa shape index (κ2) is 3.93. The average Bonchev–Trinajstić information content (AvgIpc) is 2.50. The van der Waals surface area contributed by atoms with Gasteiger partial charge in [-0.3, -0.25) is 9.59 Å². The van der Waals surface area contributed by atoms with Crippen molar-refractivity contribution in [3.05, 3.63) is 23.5 Å². The highest BCUT2D eigenvalue weighted by Gasteiger charge is 2.10. The normalized spacial score (nSPS) is 9.50. The third-order valence-electron chi connectivity index (χ3n) is 1.36. The van der Waals surface area contributed by atoms with E-state index in [9.17, 15) is 9.59 Å². The van der Waals surface area contributed by atoms with Gasteiger partial charge in [0, 0.05) is 0 Å².